The van der Waals surface area contributed by atoms with Crippen molar-refractivity contribution in [3.63, 3.8) is 0 Å². The number of aryl methyl sites for hydroxylation is 2. The van der Waals surface area contributed by atoms with Crippen LogP contribution in [0.25, 0.3) is 11.0 Å². The second-order valence-corrected chi connectivity index (χ2v) is 9.92. The number of hydrogen-bond donors (Lipinski definition) is 0. The molecule has 2 aromatic carbocycles. The topological polar surface area (TPSA) is 67.2 Å². The number of likely N-dealkylation sites (N-methyl/N-ethyl adjacent to an activating group) is 1. The Morgan fingerprint density at radius 1 is 1.06 bits per heavy atom. The van der Waals surface area contributed by atoms with Crippen LogP contribution in [0.3, 0.4) is 0 Å². The SMILES string of the molecule is Cc1cc(C(=O)N(C)[C@H](Cc2ccccc2)C2CCN(Cc3cccc4nccnc34)CC2)n(C)n1. The van der Waals surface area contributed by atoms with Crippen LogP contribution in [-0.4, -0.2) is 61.6 Å². The Labute approximate surface area is 212 Å². The molecule has 0 saturated carbocycles. The standard InChI is InChI=1S/C29H34N6O/c1-21-18-27(34(3)32-21)29(36)33(2)26(19-22-8-5-4-6-9-22)23-12-16-35(17-13-23)20-24-10-7-11-25-28(24)31-15-14-30-25/h4-11,14-15,18,23,26H,12-13,16-17,19-20H2,1-3H3/t26-/m1/s1. The van der Waals surface area contributed by atoms with Crippen molar-refractivity contribution in [2.24, 2.45) is 13.0 Å². The predicted molar refractivity (Wildman–Crippen MR) is 142 cm³/mol. The molecule has 0 radical (unpaired) electrons. The molecule has 1 amide bonds. The minimum Gasteiger partial charge on any atom is -0.337 e. The van der Waals surface area contributed by atoms with Gasteiger partial charge in [-0.1, -0.05) is 42.5 Å². The van der Waals surface area contributed by atoms with E-state index in [9.17, 15) is 4.79 Å². The lowest BCUT2D eigenvalue weighted by atomic mass is 9.84. The number of carbonyl (C=O) groups excluding carboxylic acids is 1. The summed E-state index contributed by atoms with van der Waals surface area (Å²) in [6.45, 7) is 4.80. The molecule has 7 heteroatoms. The third-order valence-corrected chi connectivity index (χ3v) is 7.48. The lowest BCUT2D eigenvalue weighted by molar-refractivity contribution is 0.0575. The van der Waals surface area contributed by atoms with E-state index in [1.54, 1.807) is 17.1 Å². The molecule has 36 heavy (non-hydrogen) atoms. The summed E-state index contributed by atoms with van der Waals surface area (Å²) < 4.78 is 1.70. The quantitative estimate of drug-likeness (QED) is 0.394. The largest absolute Gasteiger partial charge is 0.337 e. The molecule has 3 heterocycles. The van der Waals surface area contributed by atoms with Crippen LogP contribution in [0.4, 0.5) is 0 Å². The summed E-state index contributed by atoms with van der Waals surface area (Å²) in [5, 5.41) is 4.39. The Bertz CT molecular complexity index is 1320. The summed E-state index contributed by atoms with van der Waals surface area (Å²) in [4.78, 5) is 27.0. The second-order valence-electron chi connectivity index (χ2n) is 9.92. The van der Waals surface area contributed by atoms with Crippen molar-refractivity contribution in [3.05, 3.63) is 89.5 Å². The summed E-state index contributed by atoms with van der Waals surface area (Å²) in [7, 11) is 3.80. The number of fused-ring (bicyclic) bond motifs is 1. The first kappa shape index (κ1) is 24.1. The number of hydrogen-bond acceptors (Lipinski definition) is 5. The Kier molecular flexibility index (Phi) is 7.09. The molecule has 1 aliphatic heterocycles. The van der Waals surface area contributed by atoms with Crippen molar-refractivity contribution in [3.8, 4) is 0 Å². The van der Waals surface area contributed by atoms with E-state index >= 15 is 0 Å². The molecule has 7 nitrogen and oxygen atoms in total. The van der Waals surface area contributed by atoms with Gasteiger partial charge >= 0.3 is 0 Å². The smallest absolute Gasteiger partial charge is 0.272 e. The molecule has 1 atom stereocenters. The van der Waals surface area contributed by atoms with Gasteiger partial charge in [-0.15, -0.1) is 0 Å². The Morgan fingerprint density at radius 3 is 2.53 bits per heavy atom. The molecule has 0 bridgehead atoms. The molecule has 0 N–H and O–H groups in total. The summed E-state index contributed by atoms with van der Waals surface area (Å²) in [5.41, 5.74) is 5.92. The minimum atomic E-state index is 0.0378. The summed E-state index contributed by atoms with van der Waals surface area (Å²) in [5.74, 6) is 0.466. The van der Waals surface area contributed by atoms with Crippen LogP contribution in [0, 0.1) is 12.8 Å². The van der Waals surface area contributed by atoms with Crippen LogP contribution in [0.1, 0.15) is 40.2 Å². The van der Waals surface area contributed by atoms with Crippen molar-refractivity contribution in [1.29, 1.82) is 0 Å². The zero-order valence-corrected chi connectivity index (χ0v) is 21.3. The van der Waals surface area contributed by atoms with Crippen LogP contribution in [-0.2, 0) is 20.0 Å². The zero-order valence-electron chi connectivity index (χ0n) is 21.3. The third kappa shape index (κ3) is 5.16. The van der Waals surface area contributed by atoms with Gasteiger partial charge in [-0.25, -0.2) is 0 Å². The first-order valence-corrected chi connectivity index (χ1v) is 12.7. The highest BCUT2D eigenvalue weighted by atomic mass is 16.2. The molecule has 2 aromatic heterocycles. The van der Waals surface area contributed by atoms with E-state index in [-0.39, 0.29) is 11.9 Å². The maximum atomic E-state index is 13.5. The van der Waals surface area contributed by atoms with Crippen LogP contribution >= 0.6 is 0 Å². The number of likely N-dealkylation sites (tertiary alicyclic amines) is 1. The van der Waals surface area contributed by atoms with Gasteiger partial charge in [-0.05, 0) is 68.5 Å². The van der Waals surface area contributed by atoms with E-state index in [0.717, 1.165) is 55.6 Å². The fraction of sp³-hybridized carbons (Fsp3) is 0.379. The number of para-hydroxylation sites is 1. The molecule has 4 aromatic rings. The average Bonchev–Trinajstić information content (AvgIpc) is 3.25. The van der Waals surface area contributed by atoms with Crippen molar-refractivity contribution >= 4 is 16.9 Å². The van der Waals surface area contributed by atoms with Gasteiger partial charge in [0.15, 0.2) is 0 Å². The van der Waals surface area contributed by atoms with E-state index in [2.05, 4.69) is 56.4 Å². The van der Waals surface area contributed by atoms with E-state index in [4.69, 9.17) is 0 Å². The number of amides is 1. The third-order valence-electron chi connectivity index (χ3n) is 7.48. The Balaban J connectivity index is 1.31. The monoisotopic (exact) mass is 482 g/mol. The molecule has 186 valence electrons. The molecule has 0 unspecified atom stereocenters. The van der Waals surface area contributed by atoms with Gasteiger partial charge in [-0.3, -0.25) is 24.3 Å². The lowest BCUT2D eigenvalue weighted by Crippen LogP contribution is -2.47. The van der Waals surface area contributed by atoms with Crippen LogP contribution < -0.4 is 0 Å². The maximum Gasteiger partial charge on any atom is 0.272 e. The molecule has 1 saturated heterocycles. The van der Waals surface area contributed by atoms with Gasteiger partial charge in [-0.2, -0.15) is 5.10 Å². The van der Waals surface area contributed by atoms with Crippen LogP contribution in [0.5, 0.6) is 0 Å². The van der Waals surface area contributed by atoms with Crippen molar-refractivity contribution in [1.82, 2.24) is 29.5 Å². The minimum absolute atomic E-state index is 0.0378. The van der Waals surface area contributed by atoms with Crippen molar-refractivity contribution < 1.29 is 4.79 Å². The first-order valence-electron chi connectivity index (χ1n) is 12.7. The highest BCUT2D eigenvalue weighted by molar-refractivity contribution is 5.92. The highest BCUT2D eigenvalue weighted by Gasteiger charge is 2.33. The predicted octanol–water partition coefficient (Wildman–Crippen LogP) is 4.27. The zero-order chi connectivity index (χ0) is 25.1. The van der Waals surface area contributed by atoms with Crippen molar-refractivity contribution in [2.45, 2.75) is 38.8 Å². The second kappa shape index (κ2) is 10.6. The van der Waals surface area contributed by atoms with Gasteiger partial charge in [0.05, 0.1) is 16.7 Å². The van der Waals surface area contributed by atoms with E-state index < -0.39 is 0 Å². The molecule has 1 fully saturated rings. The van der Waals surface area contributed by atoms with Crippen molar-refractivity contribution in [2.75, 3.05) is 20.1 Å². The van der Waals surface area contributed by atoms with Gasteiger partial charge in [0.1, 0.15) is 5.69 Å². The normalized spacial score (nSPS) is 15.8. The van der Waals surface area contributed by atoms with Crippen LogP contribution in [0.2, 0.25) is 0 Å². The molecular formula is C29H34N6O. The van der Waals surface area contributed by atoms with E-state index in [1.807, 2.05) is 44.1 Å². The summed E-state index contributed by atoms with van der Waals surface area (Å²) in [6.07, 6.45) is 6.47. The summed E-state index contributed by atoms with van der Waals surface area (Å²) in [6, 6.07) is 18.8. The lowest BCUT2D eigenvalue weighted by Gasteiger charge is -2.40. The number of nitrogens with zero attached hydrogens (tertiary/aromatic N) is 6. The number of rotatable bonds is 7. The first-order chi connectivity index (χ1) is 17.5. The molecular weight excluding hydrogens is 448 g/mol. The van der Waals surface area contributed by atoms with Gasteiger partial charge in [0.25, 0.3) is 5.91 Å². The fourth-order valence-electron chi connectivity index (χ4n) is 5.53. The van der Waals surface area contributed by atoms with Crippen LogP contribution in [0.15, 0.2) is 67.0 Å². The van der Waals surface area contributed by atoms with E-state index in [1.165, 1.54) is 11.1 Å². The molecule has 5 rings (SSSR count). The maximum absolute atomic E-state index is 13.5. The van der Waals surface area contributed by atoms with Gasteiger partial charge in [0, 0.05) is 39.1 Å². The molecule has 0 aliphatic carbocycles. The number of carbonyl (C=O) groups is 1. The van der Waals surface area contributed by atoms with Gasteiger partial charge in [0.2, 0.25) is 0 Å². The Morgan fingerprint density at radius 2 is 1.81 bits per heavy atom. The highest BCUT2D eigenvalue weighted by Crippen LogP contribution is 2.29. The Hall–Kier alpha value is -3.58. The van der Waals surface area contributed by atoms with E-state index in [0.29, 0.717) is 11.6 Å². The number of aromatic nitrogens is 4. The summed E-state index contributed by atoms with van der Waals surface area (Å²) >= 11 is 0. The number of benzene rings is 2. The average molecular weight is 483 g/mol. The molecule has 1 aliphatic rings. The molecule has 0 spiro atoms. The van der Waals surface area contributed by atoms with Gasteiger partial charge < -0.3 is 4.90 Å². The fourth-order valence-corrected chi connectivity index (χ4v) is 5.53. The number of piperidine rings is 1.